The van der Waals surface area contributed by atoms with Crippen molar-refractivity contribution in [2.24, 2.45) is 0 Å². The van der Waals surface area contributed by atoms with Crippen LogP contribution in [-0.4, -0.2) is 30.9 Å². The highest BCUT2D eigenvalue weighted by Crippen LogP contribution is 2.12. The lowest BCUT2D eigenvalue weighted by atomic mass is 10.1. The van der Waals surface area contributed by atoms with Gasteiger partial charge in [0.2, 0.25) is 5.78 Å². The fraction of sp³-hybridized carbons (Fsp3) is 0.429. The molecule has 0 bridgehead atoms. The summed E-state index contributed by atoms with van der Waals surface area (Å²) in [6, 6.07) is 6.74. The molecular formula is C14H16BrNO3. The highest BCUT2D eigenvalue weighted by Gasteiger charge is 2.19. The van der Waals surface area contributed by atoms with Crippen LogP contribution in [0.25, 0.3) is 0 Å². The van der Waals surface area contributed by atoms with E-state index in [2.05, 4.69) is 21.2 Å². The average Bonchev–Trinajstić information content (AvgIpc) is 2.46. The Morgan fingerprint density at radius 2 is 2.00 bits per heavy atom. The van der Waals surface area contributed by atoms with Crippen molar-refractivity contribution in [2.45, 2.75) is 25.4 Å². The van der Waals surface area contributed by atoms with E-state index in [4.69, 9.17) is 4.74 Å². The second-order valence-corrected chi connectivity index (χ2v) is 5.45. The topological polar surface area (TPSA) is 55.4 Å². The van der Waals surface area contributed by atoms with Gasteiger partial charge in [-0.1, -0.05) is 15.9 Å². The third kappa shape index (κ3) is 4.14. The Morgan fingerprint density at radius 1 is 1.26 bits per heavy atom. The van der Waals surface area contributed by atoms with Crippen LogP contribution in [-0.2, 0) is 9.53 Å². The van der Waals surface area contributed by atoms with Gasteiger partial charge in [0.05, 0.1) is 6.10 Å². The largest absolute Gasteiger partial charge is 0.376 e. The number of carbonyl (C=O) groups is 2. The fourth-order valence-electron chi connectivity index (χ4n) is 1.99. The highest BCUT2D eigenvalue weighted by atomic mass is 79.9. The van der Waals surface area contributed by atoms with Gasteiger partial charge in [-0.3, -0.25) is 9.59 Å². The van der Waals surface area contributed by atoms with Crippen molar-refractivity contribution < 1.29 is 14.3 Å². The number of rotatable bonds is 4. The molecule has 1 saturated heterocycles. The van der Waals surface area contributed by atoms with Crippen molar-refractivity contribution in [1.82, 2.24) is 5.32 Å². The number of ether oxygens (including phenoxy) is 1. The quantitative estimate of drug-likeness (QED) is 0.682. The van der Waals surface area contributed by atoms with E-state index >= 15 is 0 Å². The third-order valence-corrected chi connectivity index (χ3v) is 3.61. The number of halogens is 1. The molecule has 102 valence electrons. The predicted molar refractivity (Wildman–Crippen MR) is 75.1 cm³/mol. The molecule has 1 aliphatic heterocycles. The van der Waals surface area contributed by atoms with E-state index in [9.17, 15) is 9.59 Å². The predicted octanol–water partition coefficient (Wildman–Crippen LogP) is 2.32. The zero-order chi connectivity index (χ0) is 13.7. The first kappa shape index (κ1) is 14.2. The zero-order valence-corrected chi connectivity index (χ0v) is 12.1. The summed E-state index contributed by atoms with van der Waals surface area (Å²) in [6.07, 6.45) is 3.16. The Bertz CT molecular complexity index is 452. The van der Waals surface area contributed by atoms with Crippen molar-refractivity contribution in [3.63, 3.8) is 0 Å². The second kappa shape index (κ2) is 6.82. The minimum Gasteiger partial charge on any atom is -0.376 e. The van der Waals surface area contributed by atoms with E-state index in [1.54, 1.807) is 24.3 Å². The zero-order valence-electron chi connectivity index (χ0n) is 10.5. The van der Waals surface area contributed by atoms with Gasteiger partial charge in [0, 0.05) is 23.2 Å². The smallest absolute Gasteiger partial charge is 0.292 e. The molecule has 5 heteroatoms. The molecule has 1 atom stereocenters. The first-order chi connectivity index (χ1) is 9.16. The maximum absolute atomic E-state index is 11.9. The van der Waals surface area contributed by atoms with Crippen molar-refractivity contribution in [3.05, 3.63) is 34.3 Å². The number of nitrogens with one attached hydrogen (secondary N) is 1. The molecule has 0 radical (unpaired) electrons. The number of amides is 1. The molecular weight excluding hydrogens is 310 g/mol. The van der Waals surface area contributed by atoms with E-state index in [0.29, 0.717) is 12.1 Å². The van der Waals surface area contributed by atoms with Gasteiger partial charge in [-0.15, -0.1) is 0 Å². The molecule has 19 heavy (non-hydrogen) atoms. The lowest BCUT2D eigenvalue weighted by molar-refractivity contribution is -0.117. The first-order valence-electron chi connectivity index (χ1n) is 6.36. The summed E-state index contributed by atoms with van der Waals surface area (Å²) in [6.45, 7) is 1.14. The molecule has 1 amide bonds. The van der Waals surface area contributed by atoms with Gasteiger partial charge in [-0.25, -0.2) is 0 Å². The summed E-state index contributed by atoms with van der Waals surface area (Å²) < 4.78 is 6.37. The minimum atomic E-state index is -0.573. The van der Waals surface area contributed by atoms with E-state index in [1.807, 2.05) is 0 Å². The number of Topliss-reactive ketones (excluding diaryl/α,β-unsaturated/α-hetero) is 1. The number of carbonyl (C=O) groups excluding carboxylic acids is 2. The van der Waals surface area contributed by atoms with Crippen LogP contribution in [0.5, 0.6) is 0 Å². The summed E-state index contributed by atoms with van der Waals surface area (Å²) >= 11 is 3.29. The van der Waals surface area contributed by atoms with Crippen LogP contribution in [0, 0.1) is 0 Å². The summed E-state index contributed by atoms with van der Waals surface area (Å²) in [4.78, 5) is 23.6. The Kier molecular flexibility index (Phi) is 5.10. The lowest BCUT2D eigenvalue weighted by Gasteiger charge is -2.22. The highest BCUT2D eigenvalue weighted by molar-refractivity contribution is 9.10. The Morgan fingerprint density at radius 3 is 2.63 bits per heavy atom. The van der Waals surface area contributed by atoms with E-state index < -0.39 is 11.7 Å². The summed E-state index contributed by atoms with van der Waals surface area (Å²) in [5.41, 5.74) is 0.394. The monoisotopic (exact) mass is 325 g/mol. The molecule has 0 spiro atoms. The van der Waals surface area contributed by atoms with Gasteiger partial charge in [-0.05, 0) is 43.5 Å². The van der Waals surface area contributed by atoms with Crippen molar-refractivity contribution in [2.75, 3.05) is 13.2 Å². The molecule has 1 aliphatic rings. The second-order valence-electron chi connectivity index (χ2n) is 4.53. The van der Waals surface area contributed by atoms with E-state index in [0.717, 1.165) is 30.3 Å². The van der Waals surface area contributed by atoms with Gasteiger partial charge in [-0.2, -0.15) is 0 Å². The van der Waals surface area contributed by atoms with Crippen LogP contribution in [0.4, 0.5) is 0 Å². The maximum Gasteiger partial charge on any atom is 0.292 e. The molecule has 0 saturated carbocycles. The number of hydrogen-bond donors (Lipinski definition) is 1. The van der Waals surface area contributed by atoms with Crippen LogP contribution in [0.2, 0.25) is 0 Å². The lowest BCUT2D eigenvalue weighted by Crippen LogP contribution is -2.38. The number of hydrogen-bond acceptors (Lipinski definition) is 3. The summed E-state index contributed by atoms with van der Waals surface area (Å²) in [5, 5.41) is 2.64. The van der Waals surface area contributed by atoms with Crippen LogP contribution in [0.15, 0.2) is 28.7 Å². The molecule has 1 heterocycles. The Balaban J connectivity index is 1.85. The van der Waals surface area contributed by atoms with Crippen LogP contribution in [0.3, 0.4) is 0 Å². The van der Waals surface area contributed by atoms with Crippen molar-refractivity contribution >= 4 is 27.6 Å². The molecule has 2 rings (SSSR count). The summed E-state index contributed by atoms with van der Waals surface area (Å²) in [7, 11) is 0. The van der Waals surface area contributed by atoms with Crippen molar-refractivity contribution in [1.29, 1.82) is 0 Å². The minimum absolute atomic E-state index is 0.0374. The molecule has 0 aromatic heterocycles. The number of benzene rings is 1. The van der Waals surface area contributed by atoms with Crippen molar-refractivity contribution in [3.8, 4) is 0 Å². The molecule has 0 unspecified atom stereocenters. The molecule has 1 aromatic carbocycles. The summed E-state index contributed by atoms with van der Waals surface area (Å²) in [5.74, 6) is -1.08. The number of ketones is 1. The van der Waals surface area contributed by atoms with Gasteiger partial charge in [0.1, 0.15) is 0 Å². The first-order valence-corrected chi connectivity index (χ1v) is 7.16. The van der Waals surface area contributed by atoms with E-state index in [1.165, 1.54) is 0 Å². The van der Waals surface area contributed by atoms with Gasteiger partial charge in [0.25, 0.3) is 5.91 Å². The van der Waals surface area contributed by atoms with Gasteiger partial charge < -0.3 is 10.1 Å². The van der Waals surface area contributed by atoms with Gasteiger partial charge >= 0.3 is 0 Å². The standard InChI is InChI=1S/C14H16BrNO3/c15-11-6-4-10(5-7-11)13(17)14(18)16-9-12-3-1-2-8-19-12/h4-7,12H,1-3,8-9H2,(H,16,18)/t12-/m0/s1. The van der Waals surface area contributed by atoms with Crippen LogP contribution in [0.1, 0.15) is 29.6 Å². The SMILES string of the molecule is O=C(NC[C@@H]1CCCCO1)C(=O)c1ccc(Br)cc1. The van der Waals surface area contributed by atoms with E-state index in [-0.39, 0.29) is 6.10 Å². The normalized spacial score (nSPS) is 18.9. The van der Waals surface area contributed by atoms with Crippen LogP contribution >= 0.6 is 15.9 Å². The maximum atomic E-state index is 11.9. The molecule has 1 N–H and O–H groups in total. The fourth-order valence-corrected chi connectivity index (χ4v) is 2.25. The molecule has 4 nitrogen and oxygen atoms in total. The van der Waals surface area contributed by atoms with Gasteiger partial charge in [0.15, 0.2) is 0 Å². The molecule has 1 aromatic rings. The Labute approximate surface area is 120 Å². The average molecular weight is 326 g/mol. The molecule has 0 aliphatic carbocycles. The van der Waals surface area contributed by atoms with Crippen LogP contribution < -0.4 is 5.32 Å². The Hall–Kier alpha value is -1.20. The molecule has 1 fully saturated rings. The third-order valence-electron chi connectivity index (χ3n) is 3.08.